The van der Waals surface area contributed by atoms with Gasteiger partial charge >= 0.3 is 12.1 Å². The number of fused-ring (bicyclic) bond motifs is 3. The van der Waals surface area contributed by atoms with E-state index in [0.717, 1.165) is 22.3 Å². The van der Waals surface area contributed by atoms with Gasteiger partial charge in [-0.05, 0) is 41.5 Å². The fourth-order valence-electron chi connectivity index (χ4n) is 5.33. The normalized spacial score (nSPS) is 19.6. The molecule has 0 spiro atoms. The van der Waals surface area contributed by atoms with E-state index in [-0.39, 0.29) is 32.0 Å². The molecule has 35 heavy (non-hydrogen) atoms. The van der Waals surface area contributed by atoms with Gasteiger partial charge < -0.3 is 25.2 Å². The molecule has 2 aliphatic rings. The van der Waals surface area contributed by atoms with Gasteiger partial charge in [0.15, 0.2) is 0 Å². The van der Waals surface area contributed by atoms with Gasteiger partial charge in [-0.25, -0.2) is 4.79 Å². The van der Waals surface area contributed by atoms with Crippen molar-refractivity contribution in [2.75, 3.05) is 19.7 Å². The Labute approximate surface area is 204 Å². The van der Waals surface area contributed by atoms with Gasteiger partial charge in [0.2, 0.25) is 5.91 Å². The Bertz CT molecular complexity index is 1070. The van der Waals surface area contributed by atoms with Crippen LogP contribution in [0.2, 0.25) is 0 Å². The number of benzene rings is 2. The van der Waals surface area contributed by atoms with Crippen molar-refractivity contribution >= 4 is 18.0 Å². The molecule has 0 aromatic heterocycles. The Morgan fingerprint density at radius 3 is 2.11 bits per heavy atom. The summed E-state index contributed by atoms with van der Waals surface area (Å²) in [5, 5.41) is 22.3. The fraction of sp³-hybridized carbons (Fsp3) is 0.444. The highest BCUT2D eigenvalue weighted by atomic mass is 16.5. The van der Waals surface area contributed by atoms with Crippen LogP contribution in [0.15, 0.2) is 48.5 Å². The highest BCUT2D eigenvalue weighted by Gasteiger charge is 2.43. The smallest absolute Gasteiger partial charge is 0.408 e. The molecule has 4 rings (SSSR count). The molecule has 3 N–H and O–H groups in total. The van der Waals surface area contributed by atoms with Crippen LogP contribution in [0.4, 0.5) is 4.79 Å². The number of nitrogens with one attached hydrogen (secondary N) is 1. The molecule has 0 bridgehead atoms. The lowest BCUT2D eigenvalue weighted by molar-refractivity contribution is -0.151. The molecule has 1 heterocycles. The Hall–Kier alpha value is -3.39. The van der Waals surface area contributed by atoms with Crippen molar-refractivity contribution in [3.8, 4) is 11.1 Å². The summed E-state index contributed by atoms with van der Waals surface area (Å²) in [6.45, 7) is 3.75. The number of carboxylic acids is 1. The SMILES string of the molecule is CCC(CC)(NC(=O)OCC1c2ccccc2-c2ccccc21)C(=O)N1CC(O)CC(C(=O)O)C1. The third kappa shape index (κ3) is 4.75. The summed E-state index contributed by atoms with van der Waals surface area (Å²) >= 11 is 0. The molecule has 2 aromatic rings. The van der Waals surface area contributed by atoms with Gasteiger partial charge in [0.1, 0.15) is 12.1 Å². The molecule has 8 heteroatoms. The molecular weight excluding hydrogens is 448 g/mol. The van der Waals surface area contributed by atoms with Gasteiger partial charge in [-0.3, -0.25) is 9.59 Å². The van der Waals surface area contributed by atoms with Crippen LogP contribution < -0.4 is 5.32 Å². The Kier molecular flexibility index (Phi) is 7.12. The number of amides is 2. The molecule has 1 aliphatic carbocycles. The molecular formula is C27H32N2O6. The van der Waals surface area contributed by atoms with Gasteiger partial charge in [-0.15, -0.1) is 0 Å². The monoisotopic (exact) mass is 480 g/mol. The zero-order chi connectivity index (χ0) is 25.2. The number of carbonyl (C=O) groups excluding carboxylic acids is 2. The fourth-order valence-corrected chi connectivity index (χ4v) is 5.33. The van der Waals surface area contributed by atoms with E-state index in [1.807, 2.05) is 36.4 Å². The number of aliphatic hydroxyl groups is 1. The number of aliphatic carboxylic acids is 1. The first-order chi connectivity index (χ1) is 16.8. The van der Waals surface area contributed by atoms with E-state index < -0.39 is 35.5 Å². The van der Waals surface area contributed by atoms with Gasteiger partial charge in [-0.1, -0.05) is 62.4 Å². The maximum atomic E-state index is 13.5. The summed E-state index contributed by atoms with van der Waals surface area (Å²) in [4.78, 5) is 39.2. The topological polar surface area (TPSA) is 116 Å². The number of carboxylic acid groups (broad SMARTS) is 1. The standard InChI is InChI=1S/C27H32N2O6/c1-3-27(4-2,25(33)29-14-17(24(31)32)13-18(30)15-29)28-26(34)35-16-23-21-11-7-5-9-19(21)20-10-6-8-12-22(20)23/h5-12,17-18,23,30H,3-4,13-16H2,1-2H3,(H,28,34)(H,31,32). The van der Waals surface area contributed by atoms with Crippen LogP contribution in [0.3, 0.4) is 0 Å². The Morgan fingerprint density at radius 1 is 1.00 bits per heavy atom. The van der Waals surface area contributed by atoms with Crippen molar-refractivity contribution < 1.29 is 29.3 Å². The number of nitrogens with zero attached hydrogens (tertiary/aromatic N) is 1. The number of hydrogen-bond acceptors (Lipinski definition) is 5. The third-order valence-electron chi connectivity index (χ3n) is 7.37. The van der Waals surface area contributed by atoms with E-state index in [9.17, 15) is 24.6 Å². The van der Waals surface area contributed by atoms with Crippen molar-refractivity contribution in [3.05, 3.63) is 59.7 Å². The van der Waals surface area contributed by atoms with Crippen LogP contribution in [0.25, 0.3) is 11.1 Å². The number of ether oxygens (including phenoxy) is 1. The predicted molar refractivity (Wildman–Crippen MR) is 130 cm³/mol. The molecule has 2 aromatic carbocycles. The number of piperidine rings is 1. The lowest BCUT2D eigenvalue weighted by Gasteiger charge is -2.40. The van der Waals surface area contributed by atoms with Crippen LogP contribution >= 0.6 is 0 Å². The maximum absolute atomic E-state index is 13.5. The second-order valence-electron chi connectivity index (χ2n) is 9.37. The minimum absolute atomic E-state index is 0.000648. The number of carbonyl (C=O) groups is 3. The largest absolute Gasteiger partial charge is 0.481 e. The lowest BCUT2D eigenvalue weighted by atomic mass is 9.88. The zero-order valence-corrected chi connectivity index (χ0v) is 20.1. The molecule has 2 unspecified atom stereocenters. The van der Waals surface area contributed by atoms with Gasteiger partial charge in [0.05, 0.1) is 12.0 Å². The summed E-state index contributed by atoms with van der Waals surface area (Å²) < 4.78 is 5.65. The van der Waals surface area contributed by atoms with Crippen molar-refractivity contribution in [1.82, 2.24) is 10.2 Å². The number of rotatable bonds is 7. The number of alkyl carbamates (subject to hydrolysis) is 1. The van der Waals surface area contributed by atoms with Crippen LogP contribution in [0.5, 0.6) is 0 Å². The molecule has 2 amide bonds. The second kappa shape index (κ2) is 10.1. The number of β-amino-alcohol motifs (C(OH)–C–C–N with tert-alkyl or cyclic N) is 1. The average Bonchev–Trinajstić information content (AvgIpc) is 3.19. The Balaban J connectivity index is 1.47. The maximum Gasteiger partial charge on any atom is 0.408 e. The summed E-state index contributed by atoms with van der Waals surface area (Å²) in [7, 11) is 0. The quantitative estimate of drug-likeness (QED) is 0.560. The third-order valence-corrected chi connectivity index (χ3v) is 7.37. The van der Waals surface area contributed by atoms with Gasteiger partial charge in [0, 0.05) is 19.0 Å². The van der Waals surface area contributed by atoms with E-state index in [2.05, 4.69) is 17.4 Å². The second-order valence-corrected chi connectivity index (χ2v) is 9.37. The van der Waals surface area contributed by atoms with Crippen LogP contribution in [0, 0.1) is 5.92 Å². The lowest BCUT2D eigenvalue weighted by Crippen LogP contribution is -2.62. The number of aliphatic hydroxyl groups excluding tert-OH is 1. The summed E-state index contributed by atoms with van der Waals surface area (Å²) in [5.74, 6) is -2.40. The summed E-state index contributed by atoms with van der Waals surface area (Å²) in [6.07, 6.45) is -0.913. The summed E-state index contributed by atoms with van der Waals surface area (Å²) in [5.41, 5.74) is 3.19. The van der Waals surface area contributed by atoms with Crippen LogP contribution in [0.1, 0.15) is 50.2 Å². The van der Waals surface area contributed by atoms with E-state index in [1.165, 1.54) is 4.90 Å². The molecule has 1 aliphatic heterocycles. The van der Waals surface area contributed by atoms with Gasteiger partial charge in [-0.2, -0.15) is 0 Å². The van der Waals surface area contributed by atoms with E-state index in [0.29, 0.717) is 12.8 Å². The minimum atomic E-state index is -1.25. The first kappa shape index (κ1) is 24.7. The molecule has 186 valence electrons. The van der Waals surface area contributed by atoms with E-state index in [4.69, 9.17) is 4.74 Å². The molecule has 2 atom stereocenters. The molecule has 8 nitrogen and oxygen atoms in total. The zero-order valence-electron chi connectivity index (χ0n) is 20.1. The highest BCUT2D eigenvalue weighted by molar-refractivity contribution is 5.90. The highest BCUT2D eigenvalue weighted by Crippen LogP contribution is 2.44. The number of hydrogen-bond donors (Lipinski definition) is 3. The van der Waals surface area contributed by atoms with Crippen molar-refractivity contribution in [2.24, 2.45) is 5.92 Å². The van der Waals surface area contributed by atoms with E-state index >= 15 is 0 Å². The van der Waals surface area contributed by atoms with Crippen molar-refractivity contribution in [1.29, 1.82) is 0 Å². The molecule has 0 radical (unpaired) electrons. The first-order valence-electron chi connectivity index (χ1n) is 12.1. The number of likely N-dealkylation sites (tertiary alicyclic amines) is 1. The average molecular weight is 481 g/mol. The molecule has 1 saturated heterocycles. The van der Waals surface area contributed by atoms with E-state index in [1.54, 1.807) is 13.8 Å². The molecule has 1 fully saturated rings. The summed E-state index contributed by atoms with van der Waals surface area (Å²) in [6, 6.07) is 16.1. The molecule has 0 saturated carbocycles. The van der Waals surface area contributed by atoms with Crippen LogP contribution in [-0.2, 0) is 14.3 Å². The van der Waals surface area contributed by atoms with Crippen molar-refractivity contribution in [3.63, 3.8) is 0 Å². The Morgan fingerprint density at radius 2 is 1.57 bits per heavy atom. The minimum Gasteiger partial charge on any atom is -0.481 e. The predicted octanol–water partition coefficient (Wildman–Crippen LogP) is 3.38. The van der Waals surface area contributed by atoms with Crippen LogP contribution in [-0.4, -0.2) is 64.4 Å². The first-order valence-corrected chi connectivity index (χ1v) is 12.1. The van der Waals surface area contributed by atoms with Crippen molar-refractivity contribution in [2.45, 2.75) is 50.7 Å². The van der Waals surface area contributed by atoms with Gasteiger partial charge in [0.25, 0.3) is 0 Å².